The van der Waals surface area contributed by atoms with Crippen LogP contribution in [-0.2, 0) is 0 Å². The minimum absolute atomic E-state index is 0.137. The maximum Gasteiger partial charge on any atom is 0.269 e. The zero-order valence-electron chi connectivity index (χ0n) is 10.9. The van der Waals surface area contributed by atoms with Crippen LogP contribution in [0.25, 0.3) is 0 Å². The van der Waals surface area contributed by atoms with E-state index in [9.17, 15) is 9.18 Å². The Labute approximate surface area is 118 Å². The molecule has 6 nitrogen and oxygen atoms in total. The van der Waals surface area contributed by atoms with Crippen LogP contribution in [0.2, 0.25) is 0 Å². The molecule has 1 amide bonds. The van der Waals surface area contributed by atoms with E-state index >= 15 is 0 Å². The number of methoxy groups -OCH3 is 1. The van der Waals surface area contributed by atoms with Crippen LogP contribution in [-0.4, -0.2) is 25.0 Å². The van der Waals surface area contributed by atoms with Crippen LogP contribution in [0.1, 0.15) is 9.67 Å². The SMILES string of the molecule is CNc1nc(N)c(C(=O)Nc2ccc(F)cc2OC)s1. The van der Waals surface area contributed by atoms with Crippen LogP contribution in [0.15, 0.2) is 18.2 Å². The van der Waals surface area contributed by atoms with E-state index < -0.39 is 11.7 Å². The molecule has 4 N–H and O–H groups in total. The van der Waals surface area contributed by atoms with Gasteiger partial charge in [0, 0.05) is 13.1 Å². The van der Waals surface area contributed by atoms with Gasteiger partial charge in [-0.15, -0.1) is 0 Å². The molecule has 1 aromatic carbocycles. The second-order valence-electron chi connectivity index (χ2n) is 3.78. The summed E-state index contributed by atoms with van der Waals surface area (Å²) < 4.78 is 18.1. The topological polar surface area (TPSA) is 89.3 Å². The van der Waals surface area contributed by atoms with Crippen LogP contribution in [0.5, 0.6) is 5.75 Å². The number of carbonyl (C=O) groups is 1. The maximum absolute atomic E-state index is 13.1. The first-order valence-corrected chi connectivity index (χ1v) is 6.45. The average molecular weight is 296 g/mol. The van der Waals surface area contributed by atoms with E-state index in [1.54, 1.807) is 7.05 Å². The van der Waals surface area contributed by atoms with Gasteiger partial charge in [0.2, 0.25) is 0 Å². The van der Waals surface area contributed by atoms with Crippen molar-refractivity contribution < 1.29 is 13.9 Å². The lowest BCUT2D eigenvalue weighted by Crippen LogP contribution is -2.13. The van der Waals surface area contributed by atoms with Gasteiger partial charge in [-0.1, -0.05) is 11.3 Å². The van der Waals surface area contributed by atoms with Gasteiger partial charge in [-0.05, 0) is 12.1 Å². The molecule has 0 atom stereocenters. The van der Waals surface area contributed by atoms with Gasteiger partial charge in [-0.2, -0.15) is 0 Å². The Bertz CT molecular complexity index is 644. The first kappa shape index (κ1) is 14.1. The Morgan fingerprint density at radius 3 is 2.85 bits per heavy atom. The van der Waals surface area contributed by atoms with Crippen LogP contribution >= 0.6 is 11.3 Å². The second-order valence-corrected chi connectivity index (χ2v) is 4.78. The summed E-state index contributed by atoms with van der Waals surface area (Å²) in [7, 11) is 3.08. The third kappa shape index (κ3) is 2.80. The standard InChI is InChI=1S/C12H13FN4O2S/c1-15-12-17-10(14)9(20-12)11(18)16-7-4-3-6(13)5-8(7)19-2/h3-5H,14H2,1-2H3,(H,15,17)(H,16,18). The highest BCUT2D eigenvalue weighted by Crippen LogP contribution is 2.29. The number of aromatic nitrogens is 1. The second kappa shape index (κ2) is 5.74. The molecule has 0 saturated carbocycles. The molecule has 2 aromatic rings. The summed E-state index contributed by atoms with van der Waals surface area (Å²) in [6, 6.07) is 3.83. The molecule has 0 bridgehead atoms. The van der Waals surface area contributed by atoms with Crippen molar-refractivity contribution >= 4 is 33.9 Å². The summed E-state index contributed by atoms with van der Waals surface area (Å²) in [4.78, 5) is 16.4. The molecule has 2 rings (SSSR count). The highest BCUT2D eigenvalue weighted by molar-refractivity contribution is 7.18. The lowest BCUT2D eigenvalue weighted by atomic mass is 10.2. The van der Waals surface area contributed by atoms with Gasteiger partial charge in [0.05, 0.1) is 12.8 Å². The molecule has 0 aliphatic carbocycles. The lowest BCUT2D eigenvalue weighted by molar-refractivity contribution is 0.103. The van der Waals surface area contributed by atoms with Gasteiger partial charge < -0.3 is 21.1 Å². The van der Waals surface area contributed by atoms with E-state index in [1.165, 1.54) is 25.3 Å². The predicted molar refractivity (Wildman–Crippen MR) is 77.0 cm³/mol. The van der Waals surface area contributed by atoms with Crippen molar-refractivity contribution in [3.05, 3.63) is 28.9 Å². The molecule has 0 spiro atoms. The number of carbonyl (C=O) groups excluding carboxylic acids is 1. The van der Waals surface area contributed by atoms with Gasteiger partial charge in [0.1, 0.15) is 22.3 Å². The zero-order valence-corrected chi connectivity index (χ0v) is 11.7. The third-order valence-corrected chi connectivity index (χ3v) is 3.57. The number of ether oxygens (including phenoxy) is 1. The number of nitrogen functional groups attached to an aromatic ring is 1. The molecule has 8 heteroatoms. The fourth-order valence-electron chi connectivity index (χ4n) is 1.55. The molecule has 0 fully saturated rings. The molecule has 0 saturated heterocycles. The van der Waals surface area contributed by atoms with Crippen molar-refractivity contribution in [1.82, 2.24) is 4.98 Å². The molecule has 1 heterocycles. The Morgan fingerprint density at radius 2 is 2.25 bits per heavy atom. The summed E-state index contributed by atoms with van der Waals surface area (Å²) in [5.74, 6) is -0.505. The minimum atomic E-state index is -0.449. The van der Waals surface area contributed by atoms with Gasteiger partial charge >= 0.3 is 0 Å². The summed E-state index contributed by atoms with van der Waals surface area (Å²) in [6.07, 6.45) is 0. The monoisotopic (exact) mass is 296 g/mol. The number of hydrogen-bond acceptors (Lipinski definition) is 6. The first-order valence-electron chi connectivity index (χ1n) is 5.64. The van der Waals surface area contributed by atoms with E-state index in [0.717, 1.165) is 11.3 Å². The molecule has 0 aliphatic rings. The van der Waals surface area contributed by atoms with E-state index in [2.05, 4.69) is 15.6 Å². The van der Waals surface area contributed by atoms with E-state index in [4.69, 9.17) is 10.5 Å². The smallest absolute Gasteiger partial charge is 0.269 e. The van der Waals surface area contributed by atoms with Crippen molar-refractivity contribution in [2.45, 2.75) is 0 Å². The van der Waals surface area contributed by atoms with Crippen molar-refractivity contribution in [1.29, 1.82) is 0 Å². The fourth-order valence-corrected chi connectivity index (χ4v) is 2.28. The normalized spacial score (nSPS) is 10.2. The number of thiazole rings is 1. The number of nitrogens with two attached hydrogens (primary N) is 1. The highest BCUT2D eigenvalue weighted by atomic mass is 32.1. The maximum atomic E-state index is 13.1. The molecule has 0 aliphatic heterocycles. The van der Waals surface area contributed by atoms with E-state index in [1.807, 2.05) is 0 Å². The fraction of sp³-hybridized carbons (Fsp3) is 0.167. The largest absolute Gasteiger partial charge is 0.494 e. The Balaban J connectivity index is 2.25. The quantitative estimate of drug-likeness (QED) is 0.804. The summed E-state index contributed by atoms with van der Waals surface area (Å²) in [5, 5.41) is 5.97. The number of amides is 1. The summed E-state index contributed by atoms with van der Waals surface area (Å²) in [6.45, 7) is 0. The van der Waals surface area contributed by atoms with Gasteiger partial charge in [0.25, 0.3) is 5.91 Å². The first-order chi connectivity index (χ1) is 9.55. The average Bonchev–Trinajstić information content (AvgIpc) is 2.82. The van der Waals surface area contributed by atoms with Crippen molar-refractivity contribution in [3.63, 3.8) is 0 Å². The molecule has 106 valence electrons. The molecule has 0 unspecified atom stereocenters. The molecule has 20 heavy (non-hydrogen) atoms. The van der Waals surface area contributed by atoms with Crippen molar-refractivity contribution in [2.75, 3.05) is 30.5 Å². The minimum Gasteiger partial charge on any atom is -0.494 e. The van der Waals surface area contributed by atoms with Crippen molar-refractivity contribution in [2.24, 2.45) is 0 Å². The van der Waals surface area contributed by atoms with Crippen LogP contribution in [0.3, 0.4) is 0 Å². The van der Waals surface area contributed by atoms with Crippen molar-refractivity contribution in [3.8, 4) is 5.75 Å². The van der Waals surface area contributed by atoms with Gasteiger partial charge in [0.15, 0.2) is 5.13 Å². The Morgan fingerprint density at radius 1 is 1.50 bits per heavy atom. The predicted octanol–water partition coefficient (Wildman–Crippen LogP) is 2.17. The highest BCUT2D eigenvalue weighted by Gasteiger charge is 2.17. The number of anilines is 3. The number of benzene rings is 1. The summed E-state index contributed by atoms with van der Waals surface area (Å²) >= 11 is 1.13. The van der Waals surface area contributed by atoms with E-state index in [0.29, 0.717) is 10.8 Å². The number of hydrogen-bond donors (Lipinski definition) is 3. The molecular weight excluding hydrogens is 283 g/mol. The van der Waals surface area contributed by atoms with Crippen LogP contribution in [0, 0.1) is 5.82 Å². The number of rotatable bonds is 4. The zero-order chi connectivity index (χ0) is 14.7. The number of halogens is 1. The summed E-state index contributed by atoms with van der Waals surface area (Å²) in [5.41, 5.74) is 6.03. The Kier molecular flexibility index (Phi) is 4.04. The van der Waals surface area contributed by atoms with Crippen LogP contribution < -0.4 is 21.1 Å². The van der Waals surface area contributed by atoms with Gasteiger partial charge in [-0.3, -0.25) is 4.79 Å². The molecular formula is C12H13FN4O2S. The van der Waals surface area contributed by atoms with E-state index in [-0.39, 0.29) is 16.4 Å². The van der Waals surface area contributed by atoms with Crippen LogP contribution in [0.4, 0.5) is 21.0 Å². The Hall–Kier alpha value is -2.35. The number of nitrogens with zero attached hydrogens (tertiary/aromatic N) is 1. The third-order valence-electron chi connectivity index (χ3n) is 2.49. The lowest BCUT2D eigenvalue weighted by Gasteiger charge is -2.09. The van der Waals surface area contributed by atoms with Gasteiger partial charge in [-0.25, -0.2) is 9.37 Å². The molecule has 0 radical (unpaired) electrons. The number of nitrogens with one attached hydrogen (secondary N) is 2. The molecule has 1 aromatic heterocycles.